The Bertz CT molecular complexity index is 866. The lowest BCUT2D eigenvalue weighted by molar-refractivity contribution is 0.475. The van der Waals surface area contributed by atoms with Crippen LogP contribution in [0.1, 0.15) is 19.4 Å². The van der Waals surface area contributed by atoms with Crippen LogP contribution in [0.25, 0.3) is 0 Å². The molecule has 0 saturated heterocycles. The van der Waals surface area contributed by atoms with Gasteiger partial charge in [-0.05, 0) is 50.1 Å². The Labute approximate surface area is 165 Å². The minimum atomic E-state index is 0.273. The van der Waals surface area contributed by atoms with Crippen molar-refractivity contribution < 1.29 is 5.11 Å². The third kappa shape index (κ3) is 5.33. The highest BCUT2D eigenvalue weighted by molar-refractivity contribution is 5.55. The predicted octanol–water partition coefficient (Wildman–Crippen LogP) is 3.82. The van der Waals surface area contributed by atoms with Crippen LogP contribution in [0, 0.1) is 0 Å². The molecule has 3 N–H and O–H groups in total. The van der Waals surface area contributed by atoms with Crippen LogP contribution in [-0.2, 0) is 6.42 Å². The second kappa shape index (κ2) is 9.55. The molecule has 0 aliphatic rings. The summed E-state index contributed by atoms with van der Waals surface area (Å²) in [7, 11) is 0. The summed E-state index contributed by atoms with van der Waals surface area (Å²) in [5, 5.41) is 15.9. The number of phenolic OH excluding ortho intramolecular Hbond substituents is 1. The fourth-order valence-corrected chi connectivity index (χ4v) is 2.78. The largest absolute Gasteiger partial charge is 0.508 e. The molecule has 28 heavy (non-hydrogen) atoms. The highest BCUT2D eigenvalue weighted by Gasteiger charge is 2.11. The molecule has 0 unspecified atom stereocenters. The van der Waals surface area contributed by atoms with E-state index in [1.165, 1.54) is 0 Å². The number of aromatic hydroxyl groups is 1. The monoisotopic (exact) mass is 378 g/mol. The van der Waals surface area contributed by atoms with Gasteiger partial charge in [-0.1, -0.05) is 30.3 Å². The summed E-state index contributed by atoms with van der Waals surface area (Å²) in [6.07, 6.45) is 0.800. The van der Waals surface area contributed by atoms with Gasteiger partial charge in [-0.25, -0.2) is 0 Å². The molecule has 0 aliphatic heterocycles. The van der Waals surface area contributed by atoms with Gasteiger partial charge in [-0.15, -0.1) is 0 Å². The number of hydrogen-bond donors (Lipinski definition) is 3. The fraction of sp³-hybridized carbons (Fsp3) is 0.286. The number of nitrogens with one attached hydrogen (secondary N) is 2. The van der Waals surface area contributed by atoms with Gasteiger partial charge in [0.15, 0.2) is 0 Å². The summed E-state index contributed by atoms with van der Waals surface area (Å²) in [6, 6.07) is 17.0. The first-order chi connectivity index (χ1) is 13.7. The third-order valence-electron chi connectivity index (χ3n) is 4.33. The minimum Gasteiger partial charge on any atom is -0.508 e. The quantitative estimate of drug-likeness (QED) is 0.522. The molecule has 0 spiro atoms. The van der Waals surface area contributed by atoms with E-state index in [9.17, 15) is 5.11 Å². The number of benzene rings is 2. The fourth-order valence-electron chi connectivity index (χ4n) is 2.78. The highest BCUT2D eigenvalue weighted by Crippen LogP contribution is 2.18. The molecule has 0 bridgehead atoms. The van der Waals surface area contributed by atoms with Crippen molar-refractivity contribution in [2.45, 2.75) is 20.3 Å². The first-order valence-electron chi connectivity index (χ1n) is 9.52. The van der Waals surface area contributed by atoms with Gasteiger partial charge < -0.3 is 20.6 Å². The van der Waals surface area contributed by atoms with Crippen molar-refractivity contribution in [1.29, 1.82) is 0 Å². The Morgan fingerprint density at radius 1 is 0.857 bits per heavy atom. The van der Waals surface area contributed by atoms with E-state index in [0.29, 0.717) is 24.4 Å². The second-order valence-electron chi connectivity index (χ2n) is 6.29. The molecule has 1 aromatic heterocycles. The predicted molar refractivity (Wildman–Crippen MR) is 113 cm³/mol. The van der Waals surface area contributed by atoms with Gasteiger partial charge in [0.2, 0.25) is 17.8 Å². The molecule has 0 aliphatic carbocycles. The molecule has 3 aromatic rings. The van der Waals surface area contributed by atoms with Crippen LogP contribution in [-0.4, -0.2) is 39.7 Å². The number of aromatic nitrogens is 3. The maximum absolute atomic E-state index is 9.39. The van der Waals surface area contributed by atoms with E-state index in [2.05, 4.69) is 44.3 Å². The number of nitrogens with zero attached hydrogens (tertiary/aromatic N) is 4. The lowest BCUT2D eigenvalue weighted by Crippen LogP contribution is -2.25. The van der Waals surface area contributed by atoms with Gasteiger partial charge in [0, 0.05) is 25.3 Å². The summed E-state index contributed by atoms with van der Waals surface area (Å²) < 4.78 is 0. The standard InChI is InChI=1S/C21H26N6O/c1-3-27(4-2)21-25-19(22-15-14-16-10-12-18(28)13-11-16)24-20(26-21)23-17-8-6-5-7-9-17/h5-13,28H,3-4,14-15H2,1-2H3,(H2,22,23,24,25,26). The molecular formula is C21H26N6O. The van der Waals surface area contributed by atoms with Crippen LogP contribution in [0.5, 0.6) is 5.75 Å². The van der Waals surface area contributed by atoms with Crippen molar-refractivity contribution in [3.8, 4) is 5.75 Å². The van der Waals surface area contributed by atoms with Crippen LogP contribution >= 0.6 is 0 Å². The first-order valence-corrected chi connectivity index (χ1v) is 9.52. The van der Waals surface area contributed by atoms with Crippen molar-refractivity contribution in [1.82, 2.24) is 15.0 Å². The summed E-state index contributed by atoms with van der Waals surface area (Å²) in [4.78, 5) is 15.7. The van der Waals surface area contributed by atoms with E-state index >= 15 is 0 Å². The molecule has 3 rings (SSSR count). The van der Waals surface area contributed by atoms with Gasteiger partial charge in [0.1, 0.15) is 5.75 Å². The Kier molecular flexibility index (Phi) is 6.62. The zero-order chi connectivity index (χ0) is 19.8. The second-order valence-corrected chi connectivity index (χ2v) is 6.29. The molecule has 0 atom stereocenters. The van der Waals surface area contributed by atoms with Crippen molar-refractivity contribution in [2.24, 2.45) is 0 Å². The molecule has 1 heterocycles. The number of hydrogen-bond acceptors (Lipinski definition) is 7. The Morgan fingerprint density at radius 3 is 2.21 bits per heavy atom. The van der Waals surface area contributed by atoms with E-state index in [1.54, 1.807) is 12.1 Å². The Morgan fingerprint density at radius 2 is 1.54 bits per heavy atom. The minimum absolute atomic E-state index is 0.273. The first kappa shape index (κ1) is 19.4. The molecule has 0 amide bonds. The molecule has 2 aromatic carbocycles. The van der Waals surface area contributed by atoms with Crippen LogP contribution in [0.2, 0.25) is 0 Å². The van der Waals surface area contributed by atoms with Crippen molar-refractivity contribution in [2.75, 3.05) is 35.2 Å². The molecular weight excluding hydrogens is 352 g/mol. The van der Waals surface area contributed by atoms with E-state index in [4.69, 9.17) is 0 Å². The SMILES string of the molecule is CCN(CC)c1nc(NCCc2ccc(O)cc2)nc(Nc2ccccc2)n1. The summed E-state index contributed by atoms with van der Waals surface area (Å²) in [5.74, 6) is 1.96. The average molecular weight is 378 g/mol. The lowest BCUT2D eigenvalue weighted by Gasteiger charge is -2.20. The van der Waals surface area contributed by atoms with Gasteiger partial charge >= 0.3 is 0 Å². The number of anilines is 4. The summed E-state index contributed by atoms with van der Waals surface area (Å²) in [5.41, 5.74) is 2.06. The molecule has 7 heteroatoms. The van der Waals surface area contributed by atoms with Gasteiger partial charge in [-0.3, -0.25) is 0 Å². The summed E-state index contributed by atoms with van der Waals surface area (Å²) in [6.45, 7) is 6.47. The maximum Gasteiger partial charge on any atom is 0.233 e. The third-order valence-corrected chi connectivity index (χ3v) is 4.33. The maximum atomic E-state index is 9.39. The van der Waals surface area contributed by atoms with E-state index in [-0.39, 0.29) is 5.75 Å². The van der Waals surface area contributed by atoms with Crippen LogP contribution in [0.15, 0.2) is 54.6 Å². The topological polar surface area (TPSA) is 86.2 Å². The van der Waals surface area contributed by atoms with Crippen molar-refractivity contribution >= 4 is 23.5 Å². The Hall–Kier alpha value is -3.35. The van der Waals surface area contributed by atoms with E-state index in [1.807, 2.05) is 42.5 Å². The van der Waals surface area contributed by atoms with Crippen LogP contribution in [0.4, 0.5) is 23.5 Å². The number of rotatable bonds is 9. The molecule has 7 nitrogen and oxygen atoms in total. The molecule has 0 radical (unpaired) electrons. The summed E-state index contributed by atoms with van der Waals surface area (Å²) >= 11 is 0. The molecule has 0 fully saturated rings. The number of phenols is 1. The van der Waals surface area contributed by atoms with Crippen molar-refractivity contribution in [3.05, 3.63) is 60.2 Å². The smallest absolute Gasteiger partial charge is 0.233 e. The van der Waals surface area contributed by atoms with Gasteiger partial charge in [0.25, 0.3) is 0 Å². The zero-order valence-corrected chi connectivity index (χ0v) is 16.3. The van der Waals surface area contributed by atoms with Crippen LogP contribution in [0.3, 0.4) is 0 Å². The van der Waals surface area contributed by atoms with E-state index in [0.717, 1.165) is 30.8 Å². The highest BCUT2D eigenvalue weighted by atomic mass is 16.3. The zero-order valence-electron chi connectivity index (χ0n) is 16.3. The number of para-hydroxylation sites is 1. The van der Waals surface area contributed by atoms with E-state index < -0.39 is 0 Å². The molecule has 0 saturated carbocycles. The van der Waals surface area contributed by atoms with Gasteiger partial charge in [-0.2, -0.15) is 15.0 Å². The normalized spacial score (nSPS) is 10.5. The van der Waals surface area contributed by atoms with Crippen molar-refractivity contribution in [3.63, 3.8) is 0 Å². The Balaban J connectivity index is 1.75. The van der Waals surface area contributed by atoms with Crippen LogP contribution < -0.4 is 15.5 Å². The van der Waals surface area contributed by atoms with Gasteiger partial charge in [0.05, 0.1) is 0 Å². The molecule has 146 valence electrons. The lowest BCUT2D eigenvalue weighted by atomic mass is 10.1. The average Bonchev–Trinajstić information content (AvgIpc) is 2.71.